The molecule has 0 bridgehead atoms. The number of aromatic nitrogens is 4. The van der Waals surface area contributed by atoms with E-state index in [1.54, 1.807) is 23.7 Å². The zero-order chi connectivity index (χ0) is 21.8. The van der Waals surface area contributed by atoms with Gasteiger partial charge in [0.05, 0.1) is 47.3 Å². The summed E-state index contributed by atoms with van der Waals surface area (Å²) in [6.45, 7) is 0.492. The average molecular weight is 417 g/mol. The third kappa shape index (κ3) is 4.41. The second-order valence-electron chi connectivity index (χ2n) is 6.15. The van der Waals surface area contributed by atoms with Gasteiger partial charge in [-0.2, -0.15) is 19.1 Å². The van der Waals surface area contributed by atoms with Gasteiger partial charge < -0.3 is 20.1 Å². The SMILES string of the molecule is COC(C)c1c(NC(=O)Nc2cnc(OC(F)F)c(C#N)c2)cnn2cc(C)nc12. The van der Waals surface area contributed by atoms with Crippen molar-refractivity contribution in [2.75, 3.05) is 17.7 Å². The Morgan fingerprint density at radius 1 is 1.33 bits per heavy atom. The van der Waals surface area contributed by atoms with E-state index in [0.29, 0.717) is 16.9 Å². The molecule has 0 aliphatic heterocycles. The molecule has 0 saturated carbocycles. The number of halogens is 2. The number of alkyl halides is 2. The van der Waals surface area contributed by atoms with Crippen LogP contribution in [-0.4, -0.2) is 39.3 Å². The number of hydrogen-bond acceptors (Lipinski definition) is 7. The summed E-state index contributed by atoms with van der Waals surface area (Å²) in [7, 11) is 1.53. The molecule has 0 aromatic carbocycles. The first-order valence-corrected chi connectivity index (χ1v) is 8.63. The van der Waals surface area contributed by atoms with Crippen molar-refractivity contribution in [3.8, 4) is 11.9 Å². The number of rotatable bonds is 6. The molecule has 0 radical (unpaired) electrons. The quantitative estimate of drug-likeness (QED) is 0.630. The maximum atomic E-state index is 12.5. The lowest BCUT2D eigenvalue weighted by Gasteiger charge is -2.16. The smallest absolute Gasteiger partial charge is 0.388 e. The monoisotopic (exact) mass is 417 g/mol. The summed E-state index contributed by atoms with van der Waals surface area (Å²) in [4.78, 5) is 20.5. The van der Waals surface area contributed by atoms with Gasteiger partial charge in [0, 0.05) is 7.11 Å². The zero-order valence-corrected chi connectivity index (χ0v) is 16.2. The maximum Gasteiger partial charge on any atom is 0.388 e. The maximum absolute atomic E-state index is 12.5. The molecule has 3 aromatic rings. The van der Waals surface area contributed by atoms with E-state index in [0.717, 1.165) is 11.9 Å². The number of nitrogens with one attached hydrogen (secondary N) is 2. The van der Waals surface area contributed by atoms with Gasteiger partial charge in [0.25, 0.3) is 0 Å². The van der Waals surface area contributed by atoms with Crippen molar-refractivity contribution in [2.45, 2.75) is 26.6 Å². The van der Waals surface area contributed by atoms with Crippen LogP contribution in [0.1, 0.15) is 29.8 Å². The van der Waals surface area contributed by atoms with Crippen molar-refractivity contribution >= 4 is 23.1 Å². The molecule has 3 heterocycles. The van der Waals surface area contributed by atoms with Gasteiger partial charge in [-0.15, -0.1) is 0 Å². The average Bonchev–Trinajstić information content (AvgIpc) is 3.08. The van der Waals surface area contributed by atoms with Crippen LogP contribution in [0.4, 0.5) is 25.0 Å². The van der Waals surface area contributed by atoms with Gasteiger partial charge >= 0.3 is 12.6 Å². The number of amides is 2. The number of ether oxygens (including phenoxy) is 2. The molecule has 1 atom stereocenters. The van der Waals surface area contributed by atoms with Crippen molar-refractivity contribution in [3.05, 3.63) is 41.5 Å². The summed E-state index contributed by atoms with van der Waals surface area (Å²) >= 11 is 0. The number of hydrogen-bond donors (Lipinski definition) is 2. The minimum Gasteiger partial charge on any atom is -0.415 e. The summed E-state index contributed by atoms with van der Waals surface area (Å²) in [5.74, 6) is -0.529. The van der Waals surface area contributed by atoms with E-state index in [1.807, 2.05) is 6.92 Å². The lowest BCUT2D eigenvalue weighted by Crippen LogP contribution is -2.22. The largest absolute Gasteiger partial charge is 0.415 e. The minimum atomic E-state index is -3.12. The summed E-state index contributed by atoms with van der Waals surface area (Å²) < 4.78 is 35.9. The molecule has 10 nitrogen and oxygen atoms in total. The number of carbonyl (C=O) groups is 1. The molecule has 0 fully saturated rings. The van der Waals surface area contributed by atoms with Crippen LogP contribution in [0.5, 0.6) is 5.88 Å². The van der Waals surface area contributed by atoms with E-state index < -0.39 is 24.6 Å². The van der Waals surface area contributed by atoms with Gasteiger partial charge in [-0.25, -0.2) is 19.3 Å². The Labute approximate surface area is 169 Å². The van der Waals surface area contributed by atoms with Crippen LogP contribution in [0.3, 0.4) is 0 Å². The second kappa shape index (κ2) is 8.66. The van der Waals surface area contributed by atoms with Crippen LogP contribution in [0.2, 0.25) is 0 Å². The highest BCUT2D eigenvalue weighted by atomic mass is 19.3. The molecule has 2 amide bonds. The fraction of sp³-hybridized carbons (Fsp3) is 0.278. The number of carbonyl (C=O) groups excluding carboxylic acids is 1. The van der Waals surface area contributed by atoms with Crippen LogP contribution < -0.4 is 15.4 Å². The van der Waals surface area contributed by atoms with Gasteiger partial charge in [-0.3, -0.25) is 0 Å². The Bertz CT molecular complexity index is 1130. The van der Waals surface area contributed by atoms with Crippen molar-refractivity contribution in [1.82, 2.24) is 19.6 Å². The molecular formula is C18H17F2N7O3. The summed E-state index contributed by atoms with van der Waals surface area (Å²) in [5.41, 5.74) is 2.12. The van der Waals surface area contributed by atoms with Crippen molar-refractivity contribution in [3.63, 3.8) is 0 Å². The van der Waals surface area contributed by atoms with Crippen LogP contribution >= 0.6 is 0 Å². The van der Waals surface area contributed by atoms with E-state index in [4.69, 9.17) is 10.00 Å². The van der Waals surface area contributed by atoms with E-state index >= 15 is 0 Å². The third-order valence-corrected chi connectivity index (χ3v) is 4.09. The first kappa shape index (κ1) is 20.9. The van der Waals surface area contributed by atoms with Crippen molar-refractivity contribution in [2.24, 2.45) is 0 Å². The third-order valence-electron chi connectivity index (χ3n) is 4.09. The Morgan fingerprint density at radius 3 is 2.77 bits per heavy atom. The second-order valence-corrected chi connectivity index (χ2v) is 6.15. The van der Waals surface area contributed by atoms with Gasteiger partial charge in [-0.05, 0) is 19.9 Å². The number of nitriles is 1. The zero-order valence-electron chi connectivity index (χ0n) is 16.2. The number of urea groups is 1. The van der Waals surface area contributed by atoms with Gasteiger partial charge in [0.2, 0.25) is 5.88 Å². The molecular weight excluding hydrogens is 400 g/mol. The Morgan fingerprint density at radius 2 is 2.10 bits per heavy atom. The van der Waals surface area contributed by atoms with Crippen molar-refractivity contribution < 1.29 is 23.0 Å². The standard InChI is InChI=1S/C18H17F2N7O3/c1-9-8-27-15(24-9)14(10(2)29-3)13(7-23-27)26-18(28)25-12-4-11(5-21)16(22-6-12)30-17(19)20/h4,6-8,10,17H,1-3H3,(H2,25,26,28). The van der Waals surface area contributed by atoms with Gasteiger partial charge in [0.1, 0.15) is 11.6 Å². The number of nitrogens with zero attached hydrogens (tertiary/aromatic N) is 5. The number of fused-ring (bicyclic) bond motifs is 1. The van der Waals surface area contributed by atoms with Crippen LogP contribution in [0, 0.1) is 18.3 Å². The Kier molecular flexibility index (Phi) is 6.03. The minimum absolute atomic E-state index is 0.109. The van der Waals surface area contributed by atoms with E-state index in [1.165, 1.54) is 19.4 Å². The number of imidazole rings is 1. The number of anilines is 2. The highest BCUT2D eigenvalue weighted by molar-refractivity contribution is 6.00. The number of pyridine rings is 1. The summed E-state index contributed by atoms with van der Waals surface area (Å²) in [5, 5.41) is 18.4. The lowest BCUT2D eigenvalue weighted by molar-refractivity contribution is -0.0530. The topological polar surface area (TPSA) is 126 Å². The molecule has 30 heavy (non-hydrogen) atoms. The van der Waals surface area contributed by atoms with E-state index in [2.05, 4.69) is 30.4 Å². The summed E-state index contributed by atoms with van der Waals surface area (Å²) in [6, 6.07) is 2.19. The molecule has 0 aliphatic carbocycles. The first-order valence-electron chi connectivity index (χ1n) is 8.63. The van der Waals surface area contributed by atoms with Gasteiger partial charge in [0.15, 0.2) is 5.65 Å². The normalized spacial score (nSPS) is 11.9. The predicted molar refractivity (Wildman–Crippen MR) is 101 cm³/mol. The fourth-order valence-electron chi connectivity index (χ4n) is 2.75. The predicted octanol–water partition coefficient (Wildman–Crippen LogP) is 3.26. The highest BCUT2D eigenvalue weighted by Gasteiger charge is 2.19. The number of aryl methyl sites for hydroxylation is 1. The van der Waals surface area contributed by atoms with Crippen LogP contribution in [-0.2, 0) is 4.74 Å². The Hall–Kier alpha value is -3.85. The molecule has 3 rings (SSSR count). The number of methoxy groups -OCH3 is 1. The molecule has 0 saturated heterocycles. The molecule has 156 valence electrons. The fourth-order valence-corrected chi connectivity index (χ4v) is 2.75. The lowest BCUT2D eigenvalue weighted by atomic mass is 10.1. The first-order chi connectivity index (χ1) is 14.3. The molecule has 0 spiro atoms. The summed E-state index contributed by atoms with van der Waals surface area (Å²) in [6.07, 6.45) is 3.89. The highest BCUT2D eigenvalue weighted by Crippen LogP contribution is 2.28. The molecule has 1 unspecified atom stereocenters. The van der Waals surface area contributed by atoms with E-state index in [-0.39, 0.29) is 11.3 Å². The van der Waals surface area contributed by atoms with Gasteiger partial charge in [-0.1, -0.05) is 0 Å². The molecule has 12 heteroatoms. The Balaban J connectivity index is 1.84. The van der Waals surface area contributed by atoms with E-state index in [9.17, 15) is 13.6 Å². The molecule has 0 aliphatic rings. The molecule has 2 N–H and O–H groups in total. The molecule has 3 aromatic heterocycles. The van der Waals surface area contributed by atoms with Crippen LogP contribution in [0.25, 0.3) is 5.65 Å². The van der Waals surface area contributed by atoms with Crippen molar-refractivity contribution in [1.29, 1.82) is 5.26 Å². The van der Waals surface area contributed by atoms with Crippen LogP contribution in [0.15, 0.2) is 24.7 Å².